The van der Waals surface area contributed by atoms with Gasteiger partial charge in [-0.15, -0.1) is 0 Å². The number of aliphatic hydroxyl groups is 1. The Balaban J connectivity index is 1.96. The van der Waals surface area contributed by atoms with Crippen LogP contribution in [-0.2, 0) is 4.74 Å². The van der Waals surface area contributed by atoms with Gasteiger partial charge in [-0.05, 0) is 46.0 Å². The first kappa shape index (κ1) is 21.8. The summed E-state index contributed by atoms with van der Waals surface area (Å²) in [7, 11) is 0. The molecule has 0 bridgehead atoms. The van der Waals surface area contributed by atoms with Crippen LogP contribution in [0, 0.1) is 28.6 Å². The molecule has 2 fully saturated rings. The normalized spacial score (nSPS) is 18.1. The molecule has 0 unspecified atom stereocenters. The summed E-state index contributed by atoms with van der Waals surface area (Å²) in [6.07, 6.45) is 2.08. The van der Waals surface area contributed by atoms with Gasteiger partial charge in [0.15, 0.2) is 5.57 Å². The molecule has 2 aliphatic heterocycles. The van der Waals surface area contributed by atoms with Crippen molar-refractivity contribution in [1.82, 2.24) is 14.7 Å². The van der Waals surface area contributed by atoms with Crippen molar-refractivity contribution in [3.63, 3.8) is 0 Å². The van der Waals surface area contributed by atoms with Crippen LogP contribution in [-0.4, -0.2) is 77.4 Å². The van der Waals surface area contributed by atoms with Crippen molar-refractivity contribution in [2.45, 2.75) is 45.6 Å². The number of rotatable bonds is 5. The maximum Gasteiger partial charge on any atom is 0.410 e. The Labute approximate surface area is 167 Å². The summed E-state index contributed by atoms with van der Waals surface area (Å²) in [6, 6.07) is 4.03. The molecular weight excluding hydrogens is 358 g/mol. The Morgan fingerprint density at radius 1 is 1.14 bits per heavy atom. The smallest absolute Gasteiger partial charge is 0.410 e. The number of allylic oxidation sites excluding steroid dienone is 1. The van der Waals surface area contributed by atoms with E-state index in [1.54, 1.807) is 4.90 Å². The van der Waals surface area contributed by atoms with E-state index < -0.39 is 5.60 Å². The largest absolute Gasteiger partial charge is 0.444 e. The maximum atomic E-state index is 12.2. The first-order valence-electron chi connectivity index (χ1n) is 9.92. The molecule has 8 nitrogen and oxygen atoms in total. The van der Waals surface area contributed by atoms with Crippen LogP contribution in [0.15, 0.2) is 11.4 Å². The Morgan fingerprint density at radius 2 is 1.75 bits per heavy atom. The lowest BCUT2D eigenvalue weighted by molar-refractivity contribution is 0.0174. The third-order valence-corrected chi connectivity index (χ3v) is 5.02. The number of likely N-dealkylation sites (tertiary alicyclic amines) is 1. The van der Waals surface area contributed by atoms with E-state index in [0.29, 0.717) is 37.8 Å². The monoisotopic (exact) mass is 389 g/mol. The summed E-state index contributed by atoms with van der Waals surface area (Å²) in [4.78, 5) is 18.1. The van der Waals surface area contributed by atoms with Gasteiger partial charge in [0.2, 0.25) is 0 Å². The molecule has 2 rings (SSSR count). The zero-order chi connectivity index (χ0) is 20.7. The Morgan fingerprint density at radius 3 is 2.29 bits per heavy atom. The number of carbonyl (C=O) groups is 1. The third kappa shape index (κ3) is 5.77. The topological polar surface area (TPSA) is 104 Å². The molecule has 0 spiro atoms. The molecule has 0 aromatic rings. The van der Waals surface area contributed by atoms with Crippen LogP contribution in [0.4, 0.5) is 4.79 Å². The van der Waals surface area contributed by atoms with Gasteiger partial charge in [-0.25, -0.2) is 4.79 Å². The SMILES string of the molecule is CC(C)(C)OC(=O)N1CCC(CN2CCN(CCCO)C2=C(C#N)C#N)CC1. The van der Waals surface area contributed by atoms with E-state index in [2.05, 4.69) is 4.90 Å². The van der Waals surface area contributed by atoms with Gasteiger partial charge in [0.25, 0.3) is 0 Å². The van der Waals surface area contributed by atoms with E-state index in [1.807, 2.05) is 37.8 Å². The highest BCUT2D eigenvalue weighted by atomic mass is 16.6. The number of nitriles is 2. The molecule has 8 heteroatoms. The van der Waals surface area contributed by atoms with Crippen LogP contribution in [0.5, 0.6) is 0 Å². The predicted molar refractivity (Wildman–Crippen MR) is 104 cm³/mol. The number of hydrogen-bond donors (Lipinski definition) is 1. The second-order valence-electron chi connectivity index (χ2n) is 8.34. The van der Waals surface area contributed by atoms with E-state index in [-0.39, 0.29) is 18.3 Å². The van der Waals surface area contributed by atoms with Crippen molar-refractivity contribution in [1.29, 1.82) is 10.5 Å². The fourth-order valence-electron chi connectivity index (χ4n) is 3.69. The van der Waals surface area contributed by atoms with E-state index in [0.717, 1.165) is 32.5 Å². The van der Waals surface area contributed by atoms with Crippen molar-refractivity contribution in [2.24, 2.45) is 5.92 Å². The van der Waals surface area contributed by atoms with Crippen LogP contribution < -0.4 is 0 Å². The molecule has 0 atom stereocenters. The molecule has 2 aliphatic rings. The van der Waals surface area contributed by atoms with Gasteiger partial charge in [0.1, 0.15) is 23.6 Å². The van der Waals surface area contributed by atoms with Crippen molar-refractivity contribution in [3.8, 4) is 12.1 Å². The molecule has 28 heavy (non-hydrogen) atoms. The van der Waals surface area contributed by atoms with Gasteiger partial charge < -0.3 is 24.5 Å². The first-order valence-corrected chi connectivity index (χ1v) is 9.92. The summed E-state index contributed by atoms with van der Waals surface area (Å²) in [5, 5.41) is 27.8. The standard InChI is InChI=1S/C20H31N5O3/c1-20(2,3)28-19(27)24-8-5-16(6-9-24)15-25-11-10-23(7-4-12-26)18(25)17(13-21)14-22/h16,26H,4-12,15H2,1-3H3. The highest BCUT2D eigenvalue weighted by molar-refractivity contribution is 5.68. The van der Waals surface area contributed by atoms with Crippen LogP contribution in [0.3, 0.4) is 0 Å². The van der Waals surface area contributed by atoms with Crippen LogP contribution >= 0.6 is 0 Å². The number of amides is 1. The second kappa shape index (κ2) is 9.66. The number of ether oxygens (including phenoxy) is 1. The van der Waals surface area contributed by atoms with Gasteiger partial charge in [-0.3, -0.25) is 0 Å². The average molecular weight is 390 g/mol. The molecule has 0 aromatic carbocycles. The predicted octanol–water partition coefficient (Wildman–Crippen LogP) is 1.89. The molecule has 0 saturated carbocycles. The number of carbonyl (C=O) groups excluding carboxylic acids is 1. The molecule has 0 aliphatic carbocycles. The summed E-state index contributed by atoms with van der Waals surface area (Å²) in [5.41, 5.74) is -0.367. The number of nitrogens with zero attached hydrogens (tertiary/aromatic N) is 5. The minimum atomic E-state index is -0.494. The minimum absolute atomic E-state index is 0.0847. The fraction of sp³-hybridized carbons (Fsp3) is 0.750. The molecule has 2 heterocycles. The molecule has 0 aromatic heterocycles. The molecule has 1 amide bonds. The number of hydrogen-bond acceptors (Lipinski definition) is 7. The molecule has 2 saturated heterocycles. The van der Waals surface area contributed by atoms with E-state index >= 15 is 0 Å². The van der Waals surface area contributed by atoms with E-state index in [4.69, 9.17) is 9.84 Å². The van der Waals surface area contributed by atoms with Crippen molar-refractivity contribution >= 4 is 6.09 Å². The molecular formula is C20H31N5O3. The Kier molecular flexibility index (Phi) is 7.53. The van der Waals surface area contributed by atoms with E-state index in [1.165, 1.54) is 0 Å². The van der Waals surface area contributed by atoms with Crippen LogP contribution in [0.25, 0.3) is 0 Å². The quantitative estimate of drug-likeness (QED) is 0.716. The van der Waals surface area contributed by atoms with Gasteiger partial charge in [-0.2, -0.15) is 10.5 Å². The number of aliphatic hydroxyl groups excluding tert-OH is 1. The minimum Gasteiger partial charge on any atom is -0.444 e. The van der Waals surface area contributed by atoms with Crippen molar-refractivity contribution < 1.29 is 14.6 Å². The fourth-order valence-corrected chi connectivity index (χ4v) is 3.69. The van der Waals surface area contributed by atoms with Gasteiger partial charge in [-0.1, -0.05) is 0 Å². The Hall–Kier alpha value is -2.45. The average Bonchev–Trinajstić information content (AvgIpc) is 3.03. The third-order valence-electron chi connectivity index (χ3n) is 5.02. The first-order chi connectivity index (χ1) is 13.3. The van der Waals surface area contributed by atoms with Gasteiger partial charge in [0.05, 0.1) is 0 Å². The lowest BCUT2D eigenvalue weighted by Crippen LogP contribution is -2.43. The highest BCUT2D eigenvalue weighted by Crippen LogP contribution is 2.27. The summed E-state index contributed by atoms with van der Waals surface area (Å²) < 4.78 is 5.45. The lowest BCUT2D eigenvalue weighted by atomic mass is 9.96. The zero-order valence-corrected chi connectivity index (χ0v) is 17.1. The van der Waals surface area contributed by atoms with Gasteiger partial charge >= 0.3 is 6.09 Å². The lowest BCUT2D eigenvalue weighted by Gasteiger charge is -2.35. The second-order valence-corrected chi connectivity index (χ2v) is 8.34. The summed E-state index contributed by atoms with van der Waals surface area (Å²) in [6.45, 7) is 9.90. The maximum absolute atomic E-state index is 12.2. The molecule has 1 N–H and O–H groups in total. The van der Waals surface area contributed by atoms with Gasteiger partial charge in [0, 0.05) is 45.9 Å². The van der Waals surface area contributed by atoms with Crippen LogP contribution in [0.2, 0.25) is 0 Å². The Bertz CT molecular complexity index is 647. The highest BCUT2D eigenvalue weighted by Gasteiger charge is 2.32. The summed E-state index contributed by atoms with van der Waals surface area (Å²) >= 11 is 0. The van der Waals surface area contributed by atoms with Crippen LogP contribution in [0.1, 0.15) is 40.0 Å². The zero-order valence-electron chi connectivity index (χ0n) is 17.1. The van der Waals surface area contributed by atoms with E-state index in [9.17, 15) is 15.3 Å². The molecule has 154 valence electrons. The van der Waals surface area contributed by atoms with Crippen molar-refractivity contribution in [2.75, 3.05) is 45.9 Å². The number of piperidine rings is 1. The molecule has 0 radical (unpaired) electrons. The summed E-state index contributed by atoms with van der Waals surface area (Å²) in [5.74, 6) is 1.08. The van der Waals surface area contributed by atoms with Crippen molar-refractivity contribution in [3.05, 3.63) is 11.4 Å².